The maximum absolute atomic E-state index is 13.6. The Kier molecular flexibility index (Phi) is 4.59. The molecule has 21 heavy (non-hydrogen) atoms. The average Bonchev–Trinajstić information content (AvgIpc) is 2.46. The van der Waals surface area contributed by atoms with Crippen molar-refractivity contribution in [2.75, 3.05) is 12.4 Å². The van der Waals surface area contributed by atoms with Crippen molar-refractivity contribution in [3.05, 3.63) is 62.9 Å². The average molecular weight is 311 g/mol. The van der Waals surface area contributed by atoms with Crippen LogP contribution in [0.4, 0.5) is 15.8 Å². The molecule has 0 saturated heterocycles. The van der Waals surface area contributed by atoms with Crippen LogP contribution < -0.4 is 10.1 Å². The molecular weight excluding hydrogens is 299 g/mol. The van der Waals surface area contributed by atoms with Crippen molar-refractivity contribution in [2.45, 2.75) is 6.54 Å². The maximum Gasteiger partial charge on any atom is 0.312 e. The zero-order valence-electron chi connectivity index (χ0n) is 11.1. The lowest BCUT2D eigenvalue weighted by molar-refractivity contribution is -0.385. The Hall–Kier alpha value is -2.34. The molecule has 1 N–H and O–H groups in total. The van der Waals surface area contributed by atoms with E-state index in [1.807, 2.05) is 0 Å². The summed E-state index contributed by atoms with van der Waals surface area (Å²) in [5.41, 5.74) is 0.613. The van der Waals surface area contributed by atoms with Crippen molar-refractivity contribution in [2.24, 2.45) is 0 Å². The van der Waals surface area contributed by atoms with Gasteiger partial charge < -0.3 is 10.1 Å². The van der Waals surface area contributed by atoms with Crippen molar-refractivity contribution in [3.8, 4) is 5.75 Å². The fourth-order valence-corrected chi connectivity index (χ4v) is 2.06. The van der Waals surface area contributed by atoms with Gasteiger partial charge >= 0.3 is 5.69 Å². The van der Waals surface area contributed by atoms with Crippen molar-refractivity contribution >= 4 is 23.0 Å². The molecule has 0 saturated carbocycles. The van der Waals surface area contributed by atoms with Crippen LogP contribution in [0, 0.1) is 15.9 Å². The van der Waals surface area contributed by atoms with Gasteiger partial charge in [-0.1, -0.05) is 17.7 Å². The fraction of sp³-hybridized carbons (Fsp3) is 0.143. The topological polar surface area (TPSA) is 64.4 Å². The Balaban J connectivity index is 2.21. The molecule has 0 radical (unpaired) electrons. The van der Waals surface area contributed by atoms with Crippen LogP contribution in [-0.4, -0.2) is 12.0 Å². The van der Waals surface area contributed by atoms with E-state index in [-0.39, 0.29) is 18.0 Å². The van der Waals surface area contributed by atoms with Crippen molar-refractivity contribution in [3.63, 3.8) is 0 Å². The van der Waals surface area contributed by atoms with E-state index in [1.165, 1.54) is 31.4 Å². The number of anilines is 1. The molecule has 2 aromatic carbocycles. The van der Waals surface area contributed by atoms with E-state index in [4.69, 9.17) is 16.3 Å². The number of nitrogens with zero attached hydrogens (tertiary/aromatic N) is 1. The summed E-state index contributed by atoms with van der Waals surface area (Å²) in [6, 6.07) is 8.81. The van der Waals surface area contributed by atoms with E-state index < -0.39 is 10.7 Å². The van der Waals surface area contributed by atoms with E-state index in [0.717, 1.165) is 0 Å². The predicted molar refractivity (Wildman–Crippen MR) is 78.4 cm³/mol. The Labute approximate surface area is 125 Å². The smallest absolute Gasteiger partial charge is 0.312 e. The molecule has 2 rings (SSSR count). The number of nitrogens with one attached hydrogen (secondary N) is 1. The van der Waals surface area contributed by atoms with Crippen LogP contribution in [0.5, 0.6) is 5.75 Å². The van der Waals surface area contributed by atoms with Crippen LogP contribution in [0.15, 0.2) is 36.4 Å². The molecular formula is C14H12ClFN2O3. The lowest BCUT2D eigenvalue weighted by atomic mass is 10.2. The largest absolute Gasteiger partial charge is 0.490 e. The summed E-state index contributed by atoms with van der Waals surface area (Å²) in [4.78, 5) is 10.4. The highest BCUT2D eigenvalue weighted by atomic mass is 35.5. The minimum Gasteiger partial charge on any atom is -0.490 e. The lowest BCUT2D eigenvalue weighted by Gasteiger charge is -2.10. The molecule has 0 heterocycles. The molecule has 7 heteroatoms. The molecule has 5 nitrogen and oxygen atoms in total. The van der Waals surface area contributed by atoms with Gasteiger partial charge in [0.2, 0.25) is 0 Å². The number of nitro benzene ring substituents is 1. The summed E-state index contributed by atoms with van der Waals surface area (Å²) in [5, 5.41) is 14.1. The highest BCUT2D eigenvalue weighted by Gasteiger charge is 2.15. The van der Waals surface area contributed by atoms with Crippen molar-refractivity contribution in [1.82, 2.24) is 0 Å². The summed E-state index contributed by atoms with van der Waals surface area (Å²) in [7, 11) is 1.36. The first kappa shape index (κ1) is 15.1. The fourth-order valence-electron chi connectivity index (χ4n) is 1.83. The SMILES string of the molecule is COc1ccc(NCc2c(F)cccc2Cl)cc1[N+](=O)[O-]. The number of hydrogen-bond donors (Lipinski definition) is 1. The minimum absolute atomic E-state index is 0.120. The van der Waals surface area contributed by atoms with Gasteiger partial charge in [0.05, 0.1) is 12.0 Å². The minimum atomic E-state index is -0.542. The zero-order chi connectivity index (χ0) is 15.4. The summed E-state index contributed by atoms with van der Waals surface area (Å²) in [5.74, 6) is -0.271. The van der Waals surface area contributed by atoms with Gasteiger partial charge in [0.15, 0.2) is 5.75 Å². The number of halogens is 2. The maximum atomic E-state index is 13.6. The van der Waals surface area contributed by atoms with E-state index in [9.17, 15) is 14.5 Å². The van der Waals surface area contributed by atoms with Gasteiger partial charge in [-0.25, -0.2) is 4.39 Å². The molecule has 110 valence electrons. The second kappa shape index (κ2) is 6.41. The first-order chi connectivity index (χ1) is 10.0. The third-order valence-electron chi connectivity index (χ3n) is 2.91. The molecule has 0 aliphatic rings. The van der Waals surface area contributed by atoms with Crippen LogP contribution in [0.3, 0.4) is 0 Å². The molecule has 0 bridgehead atoms. The molecule has 0 aliphatic carbocycles. The number of hydrogen-bond acceptors (Lipinski definition) is 4. The van der Waals surface area contributed by atoms with Crippen LogP contribution in [-0.2, 0) is 6.54 Å². The quantitative estimate of drug-likeness (QED) is 0.669. The Morgan fingerprint density at radius 3 is 2.76 bits per heavy atom. The molecule has 0 aromatic heterocycles. The molecule has 0 unspecified atom stereocenters. The standard InChI is InChI=1S/C14H12ClFN2O3/c1-21-14-6-5-9(7-13(14)18(19)20)17-8-10-11(15)3-2-4-12(10)16/h2-7,17H,8H2,1H3. The van der Waals surface area contributed by atoms with Gasteiger partial charge in [-0.05, 0) is 24.3 Å². The molecule has 0 aliphatic heterocycles. The monoisotopic (exact) mass is 310 g/mol. The van der Waals surface area contributed by atoms with Crippen LogP contribution in [0.2, 0.25) is 5.02 Å². The van der Waals surface area contributed by atoms with Gasteiger partial charge in [0.25, 0.3) is 0 Å². The van der Waals surface area contributed by atoms with Crippen LogP contribution in [0.1, 0.15) is 5.56 Å². The third-order valence-corrected chi connectivity index (χ3v) is 3.26. The summed E-state index contributed by atoms with van der Waals surface area (Å²) >= 11 is 5.92. The highest BCUT2D eigenvalue weighted by Crippen LogP contribution is 2.30. The second-order valence-corrected chi connectivity index (χ2v) is 4.60. The van der Waals surface area contributed by atoms with E-state index in [2.05, 4.69) is 5.32 Å². The molecule has 0 atom stereocenters. The Morgan fingerprint density at radius 2 is 2.14 bits per heavy atom. The van der Waals surface area contributed by atoms with Gasteiger partial charge in [-0.2, -0.15) is 0 Å². The summed E-state index contributed by atoms with van der Waals surface area (Å²) in [6.45, 7) is 0.120. The first-order valence-electron chi connectivity index (χ1n) is 6.02. The van der Waals surface area contributed by atoms with E-state index in [1.54, 1.807) is 12.1 Å². The number of nitro groups is 1. The third kappa shape index (κ3) is 3.41. The van der Waals surface area contributed by atoms with Crippen LogP contribution in [0.25, 0.3) is 0 Å². The zero-order valence-corrected chi connectivity index (χ0v) is 11.9. The second-order valence-electron chi connectivity index (χ2n) is 4.20. The first-order valence-corrected chi connectivity index (χ1v) is 6.40. The summed E-state index contributed by atoms with van der Waals surface area (Å²) in [6.07, 6.45) is 0. The highest BCUT2D eigenvalue weighted by molar-refractivity contribution is 6.31. The number of benzene rings is 2. The Morgan fingerprint density at radius 1 is 1.38 bits per heavy atom. The van der Waals surface area contributed by atoms with Crippen molar-refractivity contribution in [1.29, 1.82) is 0 Å². The molecule has 0 amide bonds. The Bertz CT molecular complexity index is 659. The van der Waals surface area contributed by atoms with Gasteiger partial charge in [0, 0.05) is 28.9 Å². The normalized spacial score (nSPS) is 10.2. The molecule has 0 spiro atoms. The molecule has 0 fully saturated rings. The van der Waals surface area contributed by atoms with Gasteiger partial charge in [0.1, 0.15) is 5.82 Å². The van der Waals surface area contributed by atoms with Gasteiger partial charge in [-0.15, -0.1) is 0 Å². The molecule has 2 aromatic rings. The predicted octanol–water partition coefficient (Wildman–Crippen LogP) is 4.01. The van der Waals surface area contributed by atoms with Gasteiger partial charge in [-0.3, -0.25) is 10.1 Å². The van der Waals surface area contributed by atoms with E-state index in [0.29, 0.717) is 16.3 Å². The lowest BCUT2D eigenvalue weighted by Crippen LogP contribution is -2.03. The number of ether oxygens (including phenoxy) is 1. The number of methoxy groups -OCH3 is 1. The van der Waals surface area contributed by atoms with Crippen molar-refractivity contribution < 1.29 is 14.1 Å². The number of rotatable bonds is 5. The van der Waals surface area contributed by atoms with E-state index >= 15 is 0 Å². The van der Waals surface area contributed by atoms with Crippen LogP contribution >= 0.6 is 11.6 Å². The summed E-state index contributed by atoms with van der Waals surface area (Å²) < 4.78 is 18.5.